The molecule has 0 bridgehead atoms. The SMILES string of the molecule is O=C(Cn1ccc(=O)[nH]c1=O)Nc1cccc(CO)c1. The van der Waals surface area contributed by atoms with E-state index in [1.54, 1.807) is 24.3 Å². The molecule has 2 rings (SSSR count). The Morgan fingerprint density at radius 3 is 2.80 bits per heavy atom. The van der Waals surface area contributed by atoms with Crippen molar-refractivity contribution in [1.82, 2.24) is 9.55 Å². The zero-order valence-corrected chi connectivity index (χ0v) is 10.5. The Morgan fingerprint density at radius 2 is 2.10 bits per heavy atom. The highest BCUT2D eigenvalue weighted by atomic mass is 16.3. The van der Waals surface area contributed by atoms with Crippen molar-refractivity contribution in [3.05, 3.63) is 62.9 Å². The van der Waals surface area contributed by atoms with Crippen molar-refractivity contribution in [3.63, 3.8) is 0 Å². The highest BCUT2D eigenvalue weighted by molar-refractivity contribution is 5.90. The van der Waals surface area contributed by atoms with Gasteiger partial charge in [0, 0.05) is 18.0 Å². The van der Waals surface area contributed by atoms with Crippen molar-refractivity contribution in [3.8, 4) is 0 Å². The zero-order valence-electron chi connectivity index (χ0n) is 10.5. The number of aliphatic hydroxyl groups excluding tert-OH is 1. The number of H-pyrrole nitrogens is 1. The Bertz CT molecular complexity index is 733. The first-order valence-corrected chi connectivity index (χ1v) is 5.88. The smallest absolute Gasteiger partial charge is 0.328 e. The van der Waals surface area contributed by atoms with Crippen LogP contribution in [0.15, 0.2) is 46.1 Å². The molecule has 0 saturated carbocycles. The minimum atomic E-state index is -0.642. The van der Waals surface area contributed by atoms with Crippen LogP contribution in [0.3, 0.4) is 0 Å². The van der Waals surface area contributed by atoms with Crippen molar-refractivity contribution in [2.45, 2.75) is 13.2 Å². The van der Waals surface area contributed by atoms with Crippen LogP contribution in [0.25, 0.3) is 0 Å². The topological polar surface area (TPSA) is 104 Å². The number of hydrogen-bond donors (Lipinski definition) is 3. The summed E-state index contributed by atoms with van der Waals surface area (Å²) in [6.45, 7) is -0.331. The Labute approximate surface area is 113 Å². The van der Waals surface area contributed by atoms with Gasteiger partial charge in [-0.2, -0.15) is 0 Å². The second-order valence-corrected chi connectivity index (χ2v) is 4.14. The van der Waals surface area contributed by atoms with Gasteiger partial charge in [-0.3, -0.25) is 19.1 Å². The molecule has 0 fully saturated rings. The summed E-state index contributed by atoms with van der Waals surface area (Å²) >= 11 is 0. The number of aromatic amines is 1. The molecule has 0 radical (unpaired) electrons. The molecule has 0 aliphatic carbocycles. The van der Waals surface area contributed by atoms with Gasteiger partial charge in [0.1, 0.15) is 6.54 Å². The second-order valence-electron chi connectivity index (χ2n) is 4.14. The first-order valence-electron chi connectivity index (χ1n) is 5.88. The highest BCUT2D eigenvalue weighted by Crippen LogP contribution is 2.10. The average Bonchev–Trinajstić information content (AvgIpc) is 2.42. The van der Waals surface area contributed by atoms with Crippen LogP contribution in [0.2, 0.25) is 0 Å². The van der Waals surface area contributed by atoms with Crippen LogP contribution in [-0.2, 0) is 17.9 Å². The molecule has 0 unspecified atom stereocenters. The number of anilines is 1. The molecule has 2 aromatic rings. The lowest BCUT2D eigenvalue weighted by atomic mass is 10.2. The van der Waals surface area contributed by atoms with Gasteiger partial charge in [0.05, 0.1) is 6.61 Å². The van der Waals surface area contributed by atoms with E-state index in [0.717, 1.165) is 4.57 Å². The van der Waals surface area contributed by atoms with E-state index in [9.17, 15) is 14.4 Å². The number of nitrogens with one attached hydrogen (secondary N) is 2. The molecule has 20 heavy (non-hydrogen) atoms. The van der Waals surface area contributed by atoms with E-state index in [4.69, 9.17) is 5.11 Å². The monoisotopic (exact) mass is 275 g/mol. The van der Waals surface area contributed by atoms with Gasteiger partial charge in [0.15, 0.2) is 0 Å². The number of aromatic nitrogens is 2. The van der Waals surface area contributed by atoms with E-state index in [2.05, 4.69) is 10.3 Å². The molecule has 0 aliphatic heterocycles. The molecule has 7 heteroatoms. The van der Waals surface area contributed by atoms with E-state index in [-0.39, 0.29) is 13.2 Å². The average molecular weight is 275 g/mol. The van der Waals surface area contributed by atoms with Gasteiger partial charge in [-0.05, 0) is 17.7 Å². The standard InChI is InChI=1S/C13H13N3O4/c17-8-9-2-1-3-10(6-9)14-12(19)7-16-5-4-11(18)15-13(16)20/h1-6,17H,7-8H2,(H,14,19)(H,15,18,20). The van der Waals surface area contributed by atoms with Crippen molar-refractivity contribution in [2.75, 3.05) is 5.32 Å². The van der Waals surface area contributed by atoms with Gasteiger partial charge in [-0.1, -0.05) is 12.1 Å². The summed E-state index contributed by atoms with van der Waals surface area (Å²) in [7, 11) is 0. The van der Waals surface area contributed by atoms with Gasteiger partial charge in [-0.15, -0.1) is 0 Å². The van der Waals surface area contributed by atoms with Crippen LogP contribution in [0.5, 0.6) is 0 Å². The summed E-state index contributed by atoms with van der Waals surface area (Å²) in [4.78, 5) is 36.2. The van der Waals surface area contributed by atoms with E-state index in [1.807, 2.05) is 0 Å². The molecule has 0 atom stereocenters. The fraction of sp³-hybridized carbons (Fsp3) is 0.154. The van der Waals surface area contributed by atoms with Crippen LogP contribution in [0.1, 0.15) is 5.56 Å². The van der Waals surface area contributed by atoms with E-state index in [1.165, 1.54) is 12.3 Å². The molecular formula is C13H13N3O4. The number of rotatable bonds is 4. The first-order chi connectivity index (χ1) is 9.58. The van der Waals surface area contributed by atoms with Crippen molar-refractivity contribution in [2.24, 2.45) is 0 Å². The summed E-state index contributed by atoms with van der Waals surface area (Å²) in [5.74, 6) is -0.408. The minimum Gasteiger partial charge on any atom is -0.392 e. The molecule has 1 amide bonds. The molecular weight excluding hydrogens is 262 g/mol. The molecule has 1 aromatic carbocycles. The molecule has 0 saturated heterocycles. The predicted molar refractivity (Wildman–Crippen MR) is 72.3 cm³/mol. The number of nitrogens with zero attached hydrogens (tertiary/aromatic N) is 1. The van der Waals surface area contributed by atoms with Crippen molar-refractivity contribution >= 4 is 11.6 Å². The van der Waals surface area contributed by atoms with Gasteiger partial charge >= 0.3 is 5.69 Å². The van der Waals surface area contributed by atoms with Gasteiger partial charge in [0.2, 0.25) is 5.91 Å². The fourth-order valence-corrected chi connectivity index (χ4v) is 1.67. The largest absolute Gasteiger partial charge is 0.392 e. The Kier molecular flexibility index (Phi) is 4.11. The Hall–Kier alpha value is -2.67. The van der Waals surface area contributed by atoms with Crippen LogP contribution >= 0.6 is 0 Å². The van der Waals surface area contributed by atoms with Crippen molar-refractivity contribution < 1.29 is 9.90 Å². The second kappa shape index (κ2) is 5.98. The highest BCUT2D eigenvalue weighted by Gasteiger charge is 2.05. The molecule has 104 valence electrons. The van der Waals surface area contributed by atoms with Crippen LogP contribution in [0, 0.1) is 0 Å². The maximum Gasteiger partial charge on any atom is 0.328 e. The number of hydrogen-bond acceptors (Lipinski definition) is 4. The summed E-state index contributed by atoms with van der Waals surface area (Å²) in [5.41, 5.74) is 0.0436. The summed E-state index contributed by atoms with van der Waals surface area (Å²) in [6.07, 6.45) is 1.25. The lowest BCUT2D eigenvalue weighted by Gasteiger charge is -2.07. The van der Waals surface area contributed by atoms with Gasteiger partial charge in [-0.25, -0.2) is 4.79 Å². The third-order valence-electron chi connectivity index (χ3n) is 2.60. The van der Waals surface area contributed by atoms with E-state index >= 15 is 0 Å². The van der Waals surface area contributed by atoms with Crippen molar-refractivity contribution in [1.29, 1.82) is 0 Å². The van der Waals surface area contributed by atoms with E-state index < -0.39 is 17.2 Å². The van der Waals surface area contributed by atoms with Gasteiger partial charge in [0.25, 0.3) is 5.56 Å². The first kappa shape index (κ1) is 13.8. The third kappa shape index (κ3) is 3.42. The molecule has 3 N–H and O–H groups in total. The molecule has 0 spiro atoms. The molecule has 0 aliphatic rings. The normalized spacial score (nSPS) is 10.2. The zero-order chi connectivity index (χ0) is 14.5. The van der Waals surface area contributed by atoms with Gasteiger partial charge < -0.3 is 10.4 Å². The number of carbonyl (C=O) groups is 1. The number of carbonyl (C=O) groups excluding carboxylic acids is 1. The fourth-order valence-electron chi connectivity index (χ4n) is 1.67. The molecule has 1 aromatic heterocycles. The maximum atomic E-state index is 11.8. The Balaban J connectivity index is 2.08. The molecule has 1 heterocycles. The van der Waals surface area contributed by atoms with Crippen LogP contribution in [0.4, 0.5) is 5.69 Å². The number of amides is 1. The quantitative estimate of drug-likeness (QED) is 0.710. The third-order valence-corrected chi connectivity index (χ3v) is 2.60. The summed E-state index contributed by atoms with van der Waals surface area (Å²) < 4.78 is 1.09. The van der Waals surface area contributed by atoms with Crippen LogP contribution < -0.4 is 16.6 Å². The Morgan fingerprint density at radius 1 is 1.30 bits per heavy atom. The van der Waals surface area contributed by atoms with Crippen LogP contribution in [-0.4, -0.2) is 20.6 Å². The maximum absolute atomic E-state index is 11.8. The lowest BCUT2D eigenvalue weighted by Crippen LogP contribution is -2.32. The minimum absolute atomic E-state index is 0.122. The van der Waals surface area contributed by atoms with E-state index in [0.29, 0.717) is 11.3 Å². The molecule has 7 nitrogen and oxygen atoms in total. The summed E-state index contributed by atoms with van der Waals surface area (Å²) in [5, 5.41) is 11.6. The lowest BCUT2D eigenvalue weighted by molar-refractivity contribution is -0.116. The summed E-state index contributed by atoms with van der Waals surface area (Å²) in [6, 6.07) is 7.90. The number of benzene rings is 1. The number of aliphatic hydroxyl groups is 1. The predicted octanol–water partition coefficient (Wildman–Crippen LogP) is -0.332.